The van der Waals surface area contributed by atoms with Gasteiger partial charge < -0.3 is 15.2 Å². The van der Waals surface area contributed by atoms with Gasteiger partial charge in [0.05, 0.1) is 12.1 Å². The van der Waals surface area contributed by atoms with Gasteiger partial charge in [0, 0.05) is 20.3 Å². The summed E-state index contributed by atoms with van der Waals surface area (Å²) in [4.78, 5) is 0. The van der Waals surface area contributed by atoms with Crippen LogP contribution in [0.25, 0.3) is 0 Å². The van der Waals surface area contributed by atoms with Crippen LogP contribution in [0.1, 0.15) is 42.9 Å². The largest absolute Gasteiger partial charge is 0.385 e. The normalized spacial score (nSPS) is 26.9. The van der Waals surface area contributed by atoms with Gasteiger partial charge in [-0.3, -0.25) is 0 Å². The molecule has 0 amide bonds. The van der Waals surface area contributed by atoms with Crippen molar-refractivity contribution in [3.8, 4) is 0 Å². The van der Waals surface area contributed by atoms with E-state index in [-0.39, 0.29) is 12.1 Å². The summed E-state index contributed by atoms with van der Waals surface area (Å²) in [5.41, 5.74) is 8.93. The van der Waals surface area contributed by atoms with Crippen LogP contribution in [0.3, 0.4) is 0 Å². The van der Waals surface area contributed by atoms with Gasteiger partial charge >= 0.3 is 0 Å². The van der Waals surface area contributed by atoms with Crippen LogP contribution in [0.2, 0.25) is 0 Å². The Balaban J connectivity index is 1.99. The molecule has 0 heterocycles. The van der Waals surface area contributed by atoms with Gasteiger partial charge in [-0.25, -0.2) is 0 Å². The van der Waals surface area contributed by atoms with Crippen LogP contribution in [-0.2, 0) is 9.47 Å². The molecule has 0 spiro atoms. The monoisotopic (exact) mass is 249 g/mol. The van der Waals surface area contributed by atoms with E-state index in [0.29, 0.717) is 5.92 Å². The van der Waals surface area contributed by atoms with Crippen molar-refractivity contribution in [3.05, 3.63) is 35.4 Å². The lowest BCUT2D eigenvalue weighted by molar-refractivity contribution is 0.0108. The summed E-state index contributed by atoms with van der Waals surface area (Å²) >= 11 is 0. The van der Waals surface area contributed by atoms with Crippen molar-refractivity contribution in [1.82, 2.24) is 0 Å². The highest BCUT2D eigenvalue weighted by atomic mass is 16.5. The van der Waals surface area contributed by atoms with Crippen molar-refractivity contribution >= 4 is 0 Å². The van der Waals surface area contributed by atoms with Crippen molar-refractivity contribution in [2.45, 2.75) is 37.8 Å². The SMILES string of the molecule is COCCCOC1CC(C)c2ccccc2C1N. The maximum absolute atomic E-state index is 6.31. The quantitative estimate of drug-likeness (QED) is 0.816. The molecule has 3 atom stereocenters. The van der Waals surface area contributed by atoms with Crippen molar-refractivity contribution < 1.29 is 9.47 Å². The number of nitrogens with two attached hydrogens (primary N) is 1. The van der Waals surface area contributed by atoms with E-state index in [0.717, 1.165) is 26.1 Å². The third kappa shape index (κ3) is 2.91. The smallest absolute Gasteiger partial charge is 0.0773 e. The van der Waals surface area contributed by atoms with E-state index in [2.05, 4.69) is 31.2 Å². The van der Waals surface area contributed by atoms with Crippen molar-refractivity contribution in [2.24, 2.45) is 5.73 Å². The van der Waals surface area contributed by atoms with Crippen LogP contribution in [0, 0.1) is 0 Å². The summed E-state index contributed by atoms with van der Waals surface area (Å²) in [5, 5.41) is 0. The molecule has 1 aliphatic rings. The van der Waals surface area contributed by atoms with Gasteiger partial charge in [0.25, 0.3) is 0 Å². The van der Waals surface area contributed by atoms with E-state index >= 15 is 0 Å². The van der Waals surface area contributed by atoms with Crippen LogP contribution in [0.15, 0.2) is 24.3 Å². The van der Waals surface area contributed by atoms with Crippen molar-refractivity contribution in [2.75, 3.05) is 20.3 Å². The molecule has 1 aromatic rings. The summed E-state index contributed by atoms with van der Waals surface area (Å²) in [6.07, 6.45) is 2.06. The Morgan fingerprint density at radius 3 is 2.67 bits per heavy atom. The number of hydrogen-bond acceptors (Lipinski definition) is 3. The van der Waals surface area contributed by atoms with E-state index in [1.54, 1.807) is 7.11 Å². The molecule has 0 fully saturated rings. The summed E-state index contributed by atoms with van der Waals surface area (Å²) in [6.45, 7) is 3.71. The van der Waals surface area contributed by atoms with Crippen molar-refractivity contribution in [3.63, 3.8) is 0 Å². The van der Waals surface area contributed by atoms with Crippen LogP contribution in [-0.4, -0.2) is 26.4 Å². The zero-order chi connectivity index (χ0) is 13.0. The summed E-state index contributed by atoms with van der Waals surface area (Å²) in [6, 6.07) is 8.45. The zero-order valence-electron chi connectivity index (χ0n) is 11.3. The third-order valence-corrected chi connectivity index (χ3v) is 3.70. The molecule has 18 heavy (non-hydrogen) atoms. The molecule has 0 saturated heterocycles. The summed E-state index contributed by atoms with van der Waals surface area (Å²) in [7, 11) is 1.71. The van der Waals surface area contributed by atoms with Gasteiger partial charge in [-0.05, 0) is 29.9 Å². The average molecular weight is 249 g/mol. The van der Waals surface area contributed by atoms with Crippen molar-refractivity contribution in [1.29, 1.82) is 0 Å². The highest BCUT2D eigenvalue weighted by Gasteiger charge is 2.30. The molecule has 100 valence electrons. The van der Waals surface area contributed by atoms with Gasteiger partial charge in [0.15, 0.2) is 0 Å². The maximum atomic E-state index is 6.31. The number of rotatable bonds is 5. The Morgan fingerprint density at radius 2 is 1.94 bits per heavy atom. The van der Waals surface area contributed by atoms with E-state index < -0.39 is 0 Å². The number of hydrogen-bond donors (Lipinski definition) is 1. The van der Waals surface area contributed by atoms with E-state index in [1.807, 2.05) is 0 Å². The first-order valence-electron chi connectivity index (χ1n) is 6.69. The fourth-order valence-electron chi connectivity index (χ4n) is 2.70. The molecule has 3 heteroatoms. The van der Waals surface area contributed by atoms with Crippen LogP contribution in [0.5, 0.6) is 0 Å². The molecule has 3 unspecified atom stereocenters. The maximum Gasteiger partial charge on any atom is 0.0773 e. The topological polar surface area (TPSA) is 44.5 Å². The zero-order valence-corrected chi connectivity index (χ0v) is 11.3. The van der Waals surface area contributed by atoms with Gasteiger partial charge in [0.1, 0.15) is 0 Å². The molecule has 0 aliphatic heterocycles. The minimum Gasteiger partial charge on any atom is -0.385 e. The molecular weight excluding hydrogens is 226 g/mol. The third-order valence-electron chi connectivity index (χ3n) is 3.70. The second-order valence-corrected chi connectivity index (χ2v) is 5.05. The lowest BCUT2D eigenvalue weighted by Gasteiger charge is -2.34. The molecule has 0 radical (unpaired) electrons. The van der Waals surface area contributed by atoms with Gasteiger partial charge in [-0.1, -0.05) is 31.2 Å². The standard InChI is InChI=1S/C15H23NO2/c1-11-10-14(18-9-5-8-17-2)15(16)13-7-4-3-6-12(11)13/h3-4,6-7,11,14-15H,5,8-10,16H2,1-2H3. The van der Waals surface area contributed by atoms with E-state index in [1.165, 1.54) is 11.1 Å². The highest BCUT2D eigenvalue weighted by molar-refractivity contribution is 5.35. The van der Waals surface area contributed by atoms with Gasteiger partial charge in [0.2, 0.25) is 0 Å². The number of fused-ring (bicyclic) bond motifs is 1. The predicted octanol–water partition coefficient (Wildman–Crippen LogP) is 2.62. The van der Waals surface area contributed by atoms with E-state index in [4.69, 9.17) is 15.2 Å². The average Bonchev–Trinajstić information content (AvgIpc) is 2.40. The molecule has 1 aromatic carbocycles. The lowest BCUT2D eigenvalue weighted by Crippen LogP contribution is -2.35. The second-order valence-electron chi connectivity index (χ2n) is 5.05. The molecule has 3 nitrogen and oxygen atoms in total. The molecule has 0 aromatic heterocycles. The molecule has 2 rings (SSSR count). The van der Waals surface area contributed by atoms with Gasteiger partial charge in [-0.2, -0.15) is 0 Å². The first-order valence-corrected chi connectivity index (χ1v) is 6.69. The number of ether oxygens (including phenoxy) is 2. The first kappa shape index (κ1) is 13.5. The van der Waals surface area contributed by atoms with Crippen LogP contribution < -0.4 is 5.73 Å². The Kier molecular flexibility index (Phi) is 4.75. The minimum atomic E-state index is -0.0000510. The van der Waals surface area contributed by atoms with E-state index in [9.17, 15) is 0 Å². The predicted molar refractivity (Wildman–Crippen MR) is 72.6 cm³/mol. The Hall–Kier alpha value is -0.900. The minimum absolute atomic E-state index is 0.0000510. The van der Waals surface area contributed by atoms with Crippen LogP contribution in [0.4, 0.5) is 0 Å². The molecule has 2 N–H and O–H groups in total. The molecule has 0 bridgehead atoms. The second kappa shape index (κ2) is 6.32. The Bertz CT molecular complexity index is 381. The Labute approximate surface area is 109 Å². The van der Waals surface area contributed by atoms with Gasteiger partial charge in [-0.15, -0.1) is 0 Å². The fraction of sp³-hybridized carbons (Fsp3) is 0.600. The highest BCUT2D eigenvalue weighted by Crippen LogP contribution is 2.37. The number of benzene rings is 1. The summed E-state index contributed by atoms with van der Waals surface area (Å²) in [5.74, 6) is 0.522. The summed E-state index contributed by atoms with van der Waals surface area (Å²) < 4.78 is 10.9. The van der Waals surface area contributed by atoms with Crippen LogP contribution >= 0.6 is 0 Å². The molecule has 1 aliphatic carbocycles. The molecular formula is C15H23NO2. The fourth-order valence-corrected chi connectivity index (χ4v) is 2.70. The first-order chi connectivity index (χ1) is 8.74. The Morgan fingerprint density at radius 1 is 1.22 bits per heavy atom. The lowest BCUT2D eigenvalue weighted by atomic mass is 9.79. The number of methoxy groups -OCH3 is 1. The molecule has 0 saturated carbocycles.